The van der Waals surface area contributed by atoms with Gasteiger partial charge in [0, 0.05) is 24.9 Å². The third kappa shape index (κ3) is 4.61. The van der Waals surface area contributed by atoms with E-state index in [2.05, 4.69) is 25.3 Å². The van der Waals surface area contributed by atoms with Gasteiger partial charge in [-0.2, -0.15) is 9.97 Å². The van der Waals surface area contributed by atoms with Crippen LogP contribution in [0.25, 0.3) is 11.4 Å². The molecule has 3 aromatic heterocycles. The lowest BCUT2D eigenvalue weighted by Crippen LogP contribution is -2.05. The lowest BCUT2D eigenvalue weighted by molar-refractivity contribution is 0.0430. The molecule has 0 amide bonds. The number of aromatic nitrogens is 5. The molecule has 146 valence electrons. The zero-order valence-electron chi connectivity index (χ0n) is 15.3. The molecule has 0 unspecified atom stereocenters. The van der Waals surface area contributed by atoms with Crippen molar-refractivity contribution in [1.82, 2.24) is 25.3 Å². The number of benzene rings is 1. The Balaban J connectivity index is 1.30. The predicted octanol–water partition coefficient (Wildman–Crippen LogP) is 2.76. The lowest BCUT2D eigenvalue weighted by atomic mass is 10.2. The molecule has 4 rings (SSSR count). The molecule has 0 spiro atoms. The summed E-state index contributed by atoms with van der Waals surface area (Å²) in [6.07, 6.45) is 3.26. The van der Waals surface area contributed by atoms with Crippen LogP contribution in [-0.2, 0) is 18.0 Å². The molecule has 29 heavy (non-hydrogen) atoms. The SMILES string of the molecule is Cc1nc(COc2ccc(C(=O)OCc3nc(-c4cccnc4)no3)cc2)no1. The van der Waals surface area contributed by atoms with Gasteiger partial charge >= 0.3 is 5.97 Å². The van der Waals surface area contributed by atoms with Crippen molar-refractivity contribution >= 4 is 5.97 Å². The van der Waals surface area contributed by atoms with E-state index >= 15 is 0 Å². The zero-order valence-corrected chi connectivity index (χ0v) is 15.3. The fourth-order valence-electron chi connectivity index (χ4n) is 2.37. The van der Waals surface area contributed by atoms with Crippen LogP contribution in [0.1, 0.15) is 28.0 Å². The molecule has 0 aliphatic carbocycles. The largest absolute Gasteiger partial charge is 0.485 e. The van der Waals surface area contributed by atoms with Gasteiger partial charge < -0.3 is 18.5 Å². The highest BCUT2D eigenvalue weighted by Gasteiger charge is 2.13. The molecule has 0 fully saturated rings. The first-order chi connectivity index (χ1) is 14.2. The predicted molar refractivity (Wildman–Crippen MR) is 96.5 cm³/mol. The summed E-state index contributed by atoms with van der Waals surface area (Å²) in [5, 5.41) is 7.59. The molecule has 0 saturated carbocycles. The van der Waals surface area contributed by atoms with Crippen LogP contribution in [0.15, 0.2) is 57.8 Å². The van der Waals surface area contributed by atoms with Crippen molar-refractivity contribution in [3.63, 3.8) is 0 Å². The second-order valence-electron chi connectivity index (χ2n) is 5.87. The Kier molecular flexibility index (Phi) is 5.23. The van der Waals surface area contributed by atoms with Crippen molar-refractivity contribution in [3.8, 4) is 17.1 Å². The van der Waals surface area contributed by atoms with Crippen molar-refractivity contribution in [2.75, 3.05) is 0 Å². The lowest BCUT2D eigenvalue weighted by Gasteiger charge is -2.05. The fourth-order valence-corrected chi connectivity index (χ4v) is 2.37. The minimum atomic E-state index is -0.522. The fraction of sp³-hybridized carbons (Fsp3) is 0.158. The van der Waals surface area contributed by atoms with E-state index < -0.39 is 5.97 Å². The van der Waals surface area contributed by atoms with Crippen LogP contribution in [0.4, 0.5) is 0 Å². The quantitative estimate of drug-likeness (QED) is 0.432. The normalized spacial score (nSPS) is 10.7. The molecule has 10 heteroatoms. The Hall–Kier alpha value is -4.08. The van der Waals surface area contributed by atoms with E-state index in [-0.39, 0.29) is 19.1 Å². The summed E-state index contributed by atoms with van der Waals surface area (Å²) in [6, 6.07) is 10.1. The molecule has 3 heterocycles. The van der Waals surface area contributed by atoms with Crippen LogP contribution in [0.5, 0.6) is 5.75 Å². The average molecular weight is 393 g/mol. The number of carbonyl (C=O) groups is 1. The molecule has 0 aliphatic heterocycles. The van der Waals surface area contributed by atoms with Gasteiger partial charge in [-0.05, 0) is 36.4 Å². The number of hydrogen-bond acceptors (Lipinski definition) is 10. The third-order valence-electron chi connectivity index (χ3n) is 3.74. The van der Waals surface area contributed by atoms with Gasteiger partial charge in [0.05, 0.1) is 5.56 Å². The second kappa shape index (κ2) is 8.30. The van der Waals surface area contributed by atoms with E-state index in [1.54, 1.807) is 55.7 Å². The highest BCUT2D eigenvalue weighted by molar-refractivity contribution is 5.89. The number of pyridine rings is 1. The summed E-state index contributed by atoms with van der Waals surface area (Å²) in [5.41, 5.74) is 1.07. The molecule has 0 bridgehead atoms. The van der Waals surface area contributed by atoms with Crippen LogP contribution >= 0.6 is 0 Å². The Morgan fingerprint density at radius 3 is 2.62 bits per heavy atom. The van der Waals surface area contributed by atoms with Crippen LogP contribution in [0.2, 0.25) is 0 Å². The molecule has 4 aromatic rings. The van der Waals surface area contributed by atoms with Gasteiger partial charge in [-0.15, -0.1) is 0 Å². The van der Waals surface area contributed by atoms with Gasteiger partial charge in [0.2, 0.25) is 17.5 Å². The van der Waals surface area contributed by atoms with Crippen LogP contribution in [0.3, 0.4) is 0 Å². The summed E-state index contributed by atoms with van der Waals surface area (Å²) in [4.78, 5) is 24.4. The van der Waals surface area contributed by atoms with Crippen LogP contribution < -0.4 is 4.74 Å². The number of ether oxygens (including phenoxy) is 2. The molecule has 0 radical (unpaired) electrons. The summed E-state index contributed by atoms with van der Waals surface area (Å²) >= 11 is 0. The first kappa shape index (κ1) is 18.3. The number of rotatable bonds is 7. The maximum absolute atomic E-state index is 12.2. The minimum absolute atomic E-state index is 0.137. The van der Waals surface area contributed by atoms with E-state index in [0.717, 1.165) is 0 Å². The van der Waals surface area contributed by atoms with E-state index in [1.807, 2.05) is 0 Å². The summed E-state index contributed by atoms with van der Waals surface area (Å²) in [6.45, 7) is 1.73. The zero-order chi connectivity index (χ0) is 20.1. The standard InChI is InChI=1S/C19H15N5O5/c1-12-21-16(23-28-12)10-26-15-6-4-13(5-7-15)19(25)27-11-17-22-18(24-29-17)14-3-2-8-20-9-14/h2-9H,10-11H2,1H3. The van der Waals surface area contributed by atoms with E-state index in [9.17, 15) is 4.79 Å². The molecule has 1 aromatic carbocycles. The minimum Gasteiger partial charge on any atom is -0.485 e. The monoisotopic (exact) mass is 393 g/mol. The molecular weight excluding hydrogens is 378 g/mol. The van der Waals surface area contributed by atoms with Crippen molar-refractivity contribution in [2.24, 2.45) is 0 Å². The van der Waals surface area contributed by atoms with Crippen molar-refractivity contribution < 1.29 is 23.3 Å². The molecule has 0 aliphatic rings. The smallest absolute Gasteiger partial charge is 0.338 e. The number of aryl methyl sites for hydroxylation is 1. The molecule has 0 saturated heterocycles. The van der Waals surface area contributed by atoms with Gasteiger partial charge in [-0.3, -0.25) is 4.98 Å². The molecule has 0 N–H and O–H groups in total. The Morgan fingerprint density at radius 1 is 1.03 bits per heavy atom. The maximum Gasteiger partial charge on any atom is 0.338 e. The van der Waals surface area contributed by atoms with Crippen LogP contribution in [0, 0.1) is 6.92 Å². The van der Waals surface area contributed by atoms with Crippen molar-refractivity contribution in [3.05, 3.63) is 72.0 Å². The summed E-state index contributed by atoms with van der Waals surface area (Å²) in [5.74, 6) is 1.51. The van der Waals surface area contributed by atoms with E-state index in [1.165, 1.54) is 0 Å². The molecule has 10 nitrogen and oxygen atoms in total. The number of carbonyl (C=O) groups excluding carboxylic acids is 1. The average Bonchev–Trinajstić information content (AvgIpc) is 3.40. The van der Waals surface area contributed by atoms with E-state index in [4.69, 9.17) is 18.5 Å². The van der Waals surface area contributed by atoms with Gasteiger partial charge in [0.15, 0.2) is 13.2 Å². The van der Waals surface area contributed by atoms with Crippen LogP contribution in [-0.4, -0.2) is 31.2 Å². The van der Waals surface area contributed by atoms with Gasteiger partial charge in [-0.25, -0.2) is 4.79 Å². The molecular formula is C19H15N5O5. The van der Waals surface area contributed by atoms with Crippen molar-refractivity contribution in [2.45, 2.75) is 20.1 Å². The van der Waals surface area contributed by atoms with Gasteiger partial charge in [0.1, 0.15) is 5.75 Å². The van der Waals surface area contributed by atoms with Gasteiger partial charge in [-0.1, -0.05) is 10.3 Å². The highest BCUT2D eigenvalue weighted by Crippen LogP contribution is 2.16. The topological polar surface area (TPSA) is 126 Å². The Morgan fingerprint density at radius 2 is 1.90 bits per heavy atom. The molecule has 0 atom stereocenters. The summed E-state index contributed by atoms with van der Waals surface area (Å²) < 4.78 is 20.7. The number of nitrogens with zero attached hydrogens (tertiary/aromatic N) is 5. The van der Waals surface area contributed by atoms with E-state index in [0.29, 0.717) is 34.4 Å². The Bertz CT molecular complexity index is 1090. The second-order valence-corrected chi connectivity index (χ2v) is 5.87. The van der Waals surface area contributed by atoms with Gasteiger partial charge in [0.25, 0.3) is 5.89 Å². The third-order valence-corrected chi connectivity index (χ3v) is 3.74. The van der Waals surface area contributed by atoms with Crippen molar-refractivity contribution in [1.29, 1.82) is 0 Å². The summed E-state index contributed by atoms with van der Waals surface area (Å²) in [7, 11) is 0. The Labute approximate surface area is 164 Å². The highest BCUT2D eigenvalue weighted by atomic mass is 16.6. The number of esters is 1. The first-order valence-electron chi connectivity index (χ1n) is 8.59. The number of hydrogen-bond donors (Lipinski definition) is 0. The first-order valence-corrected chi connectivity index (χ1v) is 8.59. The maximum atomic E-state index is 12.2.